The van der Waals surface area contributed by atoms with E-state index in [1.165, 1.54) is 0 Å². The van der Waals surface area contributed by atoms with Crippen LogP contribution in [0.3, 0.4) is 0 Å². The van der Waals surface area contributed by atoms with Crippen molar-refractivity contribution in [2.75, 3.05) is 43.1 Å². The highest BCUT2D eigenvalue weighted by atomic mass is 16.5. The van der Waals surface area contributed by atoms with Crippen LogP contribution in [0.25, 0.3) is 11.4 Å². The number of hydrogen-bond donors (Lipinski definition) is 1. The van der Waals surface area contributed by atoms with Gasteiger partial charge in [-0.15, -0.1) is 0 Å². The van der Waals surface area contributed by atoms with E-state index in [1.54, 1.807) is 18.6 Å². The van der Waals surface area contributed by atoms with Crippen LogP contribution in [-0.2, 0) is 29.1 Å². The molecule has 0 amide bonds. The average molecular weight is 617 g/mol. The molecule has 0 saturated carbocycles. The second-order valence-corrected chi connectivity index (χ2v) is 11.8. The second kappa shape index (κ2) is 13.2. The normalized spacial score (nSPS) is 21.1. The van der Waals surface area contributed by atoms with Crippen LogP contribution in [0.4, 0.5) is 17.3 Å². The summed E-state index contributed by atoms with van der Waals surface area (Å²) in [6, 6.07) is 18.1. The lowest BCUT2D eigenvalue weighted by Crippen LogP contribution is -2.54. The van der Waals surface area contributed by atoms with E-state index >= 15 is 0 Å². The van der Waals surface area contributed by atoms with Gasteiger partial charge in [0.15, 0.2) is 11.6 Å². The van der Waals surface area contributed by atoms with Crippen molar-refractivity contribution in [1.29, 1.82) is 0 Å². The summed E-state index contributed by atoms with van der Waals surface area (Å²) in [6.45, 7) is 6.33. The fourth-order valence-corrected chi connectivity index (χ4v) is 6.11. The SMILES string of the molecule is CC1COCCN1c1nc(-c2ccc(Nc3cncc(OCc4ccccc4)n3)cc2)nc2c1CCN([C@@]1(C=O)C=CC=NC1)C2. The highest BCUT2D eigenvalue weighted by Gasteiger charge is 2.39. The zero-order chi connectivity index (χ0) is 31.3. The number of ether oxygens (including phenoxy) is 2. The molecule has 1 saturated heterocycles. The third kappa shape index (κ3) is 6.24. The Morgan fingerprint density at radius 3 is 2.72 bits per heavy atom. The van der Waals surface area contributed by atoms with Gasteiger partial charge in [-0.05, 0) is 49.2 Å². The number of rotatable bonds is 9. The minimum Gasteiger partial charge on any atom is -0.472 e. The average Bonchev–Trinajstić information content (AvgIpc) is 3.11. The molecule has 1 N–H and O–H groups in total. The van der Waals surface area contributed by atoms with Gasteiger partial charge in [0, 0.05) is 42.7 Å². The van der Waals surface area contributed by atoms with Gasteiger partial charge in [0.2, 0.25) is 5.88 Å². The number of nitrogens with zero attached hydrogens (tertiary/aromatic N) is 7. The van der Waals surface area contributed by atoms with Gasteiger partial charge in [0.1, 0.15) is 24.2 Å². The molecule has 11 nitrogen and oxygen atoms in total. The van der Waals surface area contributed by atoms with Gasteiger partial charge in [0.05, 0.1) is 43.9 Å². The van der Waals surface area contributed by atoms with Crippen LogP contribution < -0.4 is 15.0 Å². The number of carbonyl (C=O) groups is 1. The third-order valence-corrected chi connectivity index (χ3v) is 8.65. The van der Waals surface area contributed by atoms with Gasteiger partial charge in [-0.3, -0.25) is 14.9 Å². The number of aliphatic imine (C=N–C) groups is 1. The molecule has 4 aromatic rings. The minimum atomic E-state index is -0.760. The summed E-state index contributed by atoms with van der Waals surface area (Å²) >= 11 is 0. The predicted molar refractivity (Wildman–Crippen MR) is 177 cm³/mol. The summed E-state index contributed by atoms with van der Waals surface area (Å²) < 4.78 is 11.6. The number of dihydropyridines is 1. The van der Waals surface area contributed by atoms with Crippen LogP contribution in [0, 0.1) is 0 Å². The summed E-state index contributed by atoms with van der Waals surface area (Å²) in [5.74, 6) is 2.63. The van der Waals surface area contributed by atoms with E-state index < -0.39 is 5.54 Å². The monoisotopic (exact) mass is 616 g/mol. The summed E-state index contributed by atoms with van der Waals surface area (Å²) in [5.41, 5.74) is 4.13. The predicted octanol–water partition coefficient (Wildman–Crippen LogP) is 4.42. The molecule has 0 spiro atoms. The van der Waals surface area contributed by atoms with E-state index in [4.69, 9.17) is 19.4 Å². The third-order valence-electron chi connectivity index (χ3n) is 8.65. The molecule has 0 radical (unpaired) electrons. The van der Waals surface area contributed by atoms with Crippen molar-refractivity contribution in [2.24, 2.45) is 4.99 Å². The fourth-order valence-electron chi connectivity index (χ4n) is 6.11. The van der Waals surface area contributed by atoms with Crippen LogP contribution in [0.1, 0.15) is 23.7 Å². The molecule has 3 aliphatic heterocycles. The molecular formula is C35H36N8O3. The molecule has 1 fully saturated rings. The van der Waals surface area contributed by atoms with Crippen molar-refractivity contribution in [3.8, 4) is 17.3 Å². The molecule has 2 aromatic carbocycles. The number of hydrogen-bond acceptors (Lipinski definition) is 11. The van der Waals surface area contributed by atoms with Crippen molar-refractivity contribution < 1.29 is 14.3 Å². The number of morpholine rings is 1. The number of anilines is 3. The number of benzene rings is 2. The van der Waals surface area contributed by atoms with Gasteiger partial charge in [-0.25, -0.2) is 9.97 Å². The first-order valence-electron chi connectivity index (χ1n) is 15.6. The zero-order valence-corrected chi connectivity index (χ0v) is 25.7. The molecule has 1 unspecified atom stereocenters. The van der Waals surface area contributed by atoms with Crippen LogP contribution in [0.2, 0.25) is 0 Å². The molecule has 0 aliphatic carbocycles. The number of allylic oxidation sites excluding steroid dienone is 1. The van der Waals surface area contributed by atoms with E-state index in [1.807, 2.05) is 66.7 Å². The largest absolute Gasteiger partial charge is 0.472 e. The van der Waals surface area contributed by atoms with Crippen LogP contribution in [0.15, 0.2) is 84.1 Å². The van der Waals surface area contributed by atoms with Gasteiger partial charge in [-0.1, -0.05) is 36.4 Å². The maximum Gasteiger partial charge on any atom is 0.234 e. The number of aldehydes is 1. The minimum absolute atomic E-state index is 0.190. The lowest BCUT2D eigenvalue weighted by Gasteiger charge is -2.42. The first kappa shape index (κ1) is 29.7. The zero-order valence-electron chi connectivity index (χ0n) is 25.7. The number of carbonyl (C=O) groups excluding carboxylic acids is 1. The van der Waals surface area contributed by atoms with E-state index in [0.29, 0.717) is 50.4 Å². The van der Waals surface area contributed by atoms with Crippen molar-refractivity contribution in [3.63, 3.8) is 0 Å². The molecule has 2 atom stereocenters. The van der Waals surface area contributed by atoms with E-state index in [9.17, 15) is 4.79 Å². The van der Waals surface area contributed by atoms with E-state index in [-0.39, 0.29) is 6.04 Å². The van der Waals surface area contributed by atoms with Crippen molar-refractivity contribution in [3.05, 3.63) is 96.0 Å². The van der Waals surface area contributed by atoms with Crippen LogP contribution in [-0.4, -0.2) is 81.8 Å². The Labute approximate surface area is 268 Å². The Morgan fingerprint density at radius 2 is 1.93 bits per heavy atom. The summed E-state index contributed by atoms with van der Waals surface area (Å²) in [6.07, 6.45) is 10.6. The fraction of sp³-hybridized carbons (Fsp3) is 0.314. The number of fused-ring (bicyclic) bond motifs is 1. The molecule has 2 aromatic heterocycles. The quantitative estimate of drug-likeness (QED) is 0.271. The lowest BCUT2D eigenvalue weighted by atomic mass is 9.92. The first-order chi connectivity index (χ1) is 22.6. The van der Waals surface area contributed by atoms with E-state index in [0.717, 1.165) is 59.7 Å². The Hall–Kier alpha value is -5.00. The summed E-state index contributed by atoms with van der Waals surface area (Å²) in [4.78, 5) is 40.4. The second-order valence-electron chi connectivity index (χ2n) is 11.8. The van der Waals surface area contributed by atoms with Crippen molar-refractivity contribution >= 4 is 29.8 Å². The summed E-state index contributed by atoms with van der Waals surface area (Å²) in [7, 11) is 0. The molecule has 0 bridgehead atoms. The molecular weight excluding hydrogens is 580 g/mol. The Kier molecular flexibility index (Phi) is 8.49. The standard InChI is InChI=1S/C35H36N8O3/c1-25-21-45-17-16-43(25)34-29-12-15-42(35(24-44)13-5-14-36-23-35)20-30(29)39-33(41-34)27-8-10-28(11-9-27)38-31-18-37-19-32(40-31)46-22-26-6-3-2-4-7-26/h2-11,13-14,18-19,24-25H,12,15-17,20-23H2,1H3,(H,38,40)/t25?,35-/m0/s1. The van der Waals surface area contributed by atoms with Crippen molar-refractivity contribution in [1.82, 2.24) is 24.8 Å². The van der Waals surface area contributed by atoms with Gasteiger partial charge in [-0.2, -0.15) is 4.98 Å². The van der Waals surface area contributed by atoms with E-state index in [2.05, 4.69) is 37.0 Å². The molecule has 7 rings (SSSR count). The molecule has 46 heavy (non-hydrogen) atoms. The van der Waals surface area contributed by atoms with Crippen LogP contribution >= 0.6 is 0 Å². The maximum absolute atomic E-state index is 12.4. The van der Waals surface area contributed by atoms with Gasteiger partial charge < -0.3 is 24.5 Å². The Morgan fingerprint density at radius 1 is 1.07 bits per heavy atom. The Bertz CT molecular complexity index is 1750. The van der Waals surface area contributed by atoms with Crippen molar-refractivity contribution in [2.45, 2.75) is 38.1 Å². The topological polar surface area (TPSA) is 118 Å². The molecule has 11 heteroatoms. The molecule has 3 aliphatic rings. The number of nitrogens with one attached hydrogen (secondary N) is 1. The molecule has 5 heterocycles. The first-order valence-corrected chi connectivity index (χ1v) is 15.6. The van der Waals surface area contributed by atoms with Crippen LogP contribution in [0.5, 0.6) is 5.88 Å². The smallest absolute Gasteiger partial charge is 0.234 e. The Balaban J connectivity index is 1.14. The molecule has 234 valence electrons. The highest BCUT2D eigenvalue weighted by Crippen LogP contribution is 2.34. The number of aromatic nitrogens is 4. The van der Waals surface area contributed by atoms with Gasteiger partial charge in [0.25, 0.3) is 0 Å². The van der Waals surface area contributed by atoms with Gasteiger partial charge >= 0.3 is 0 Å². The maximum atomic E-state index is 12.4. The summed E-state index contributed by atoms with van der Waals surface area (Å²) in [5, 5.41) is 3.32. The highest BCUT2D eigenvalue weighted by molar-refractivity contribution is 5.79. The lowest BCUT2D eigenvalue weighted by molar-refractivity contribution is -0.116.